The molecule has 1 N–H and O–H groups in total. The van der Waals surface area contributed by atoms with Gasteiger partial charge < -0.3 is 5.32 Å². The third-order valence-corrected chi connectivity index (χ3v) is 3.76. The number of alkyl halides is 3. The van der Waals surface area contributed by atoms with Gasteiger partial charge in [-0.25, -0.2) is 0 Å². The highest BCUT2D eigenvalue weighted by atomic mass is 19.4. The van der Waals surface area contributed by atoms with Crippen LogP contribution in [0.25, 0.3) is 0 Å². The third kappa shape index (κ3) is 4.30. The SMILES string of the molecule is Cc1cccc(Cn2ccc(NC(=O)c3cccc(C(F)(F)F)c3)n2)c1. The van der Waals surface area contributed by atoms with Crippen LogP contribution in [0.2, 0.25) is 0 Å². The predicted octanol–water partition coefficient (Wildman–Crippen LogP) is 4.51. The molecule has 3 aromatic rings. The Hall–Kier alpha value is -3.09. The number of aryl methyl sites for hydroxylation is 1. The highest BCUT2D eigenvalue weighted by Crippen LogP contribution is 2.29. The van der Waals surface area contributed by atoms with E-state index in [1.165, 1.54) is 12.1 Å². The summed E-state index contributed by atoms with van der Waals surface area (Å²) in [6, 6.07) is 13.8. The van der Waals surface area contributed by atoms with Crippen molar-refractivity contribution < 1.29 is 18.0 Å². The summed E-state index contributed by atoms with van der Waals surface area (Å²) in [7, 11) is 0. The van der Waals surface area contributed by atoms with Crippen LogP contribution in [-0.4, -0.2) is 15.7 Å². The van der Waals surface area contributed by atoms with E-state index < -0.39 is 17.6 Å². The van der Waals surface area contributed by atoms with E-state index in [1.807, 2.05) is 31.2 Å². The number of amides is 1. The zero-order valence-electron chi connectivity index (χ0n) is 13.9. The maximum Gasteiger partial charge on any atom is 0.416 e. The van der Waals surface area contributed by atoms with E-state index in [0.29, 0.717) is 6.54 Å². The molecule has 1 heterocycles. The number of carbonyl (C=O) groups excluding carboxylic acids is 1. The van der Waals surface area contributed by atoms with Crippen molar-refractivity contribution in [2.24, 2.45) is 0 Å². The summed E-state index contributed by atoms with van der Waals surface area (Å²) in [4.78, 5) is 12.2. The molecule has 7 heteroatoms. The zero-order valence-corrected chi connectivity index (χ0v) is 13.9. The molecule has 0 fully saturated rings. The summed E-state index contributed by atoms with van der Waals surface area (Å²) in [5.41, 5.74) is 1.25. The second kappa shape index (κ2) is 7.03. The van der Waals surface area contributed by atoms with Crippen LogP contribution in [-0.2, 0) is 12.7 Å². The average Bonchev–Trinajstić information content (AvgIpc) is 3.01. The van der Waals surface area contributed by atoms with Gasteiger partial charge in [0, 0.05) is 17.8 Å². The van der Waals surface area contributed by atoms with Crippen LogP contribution in [0.1, 0.15) is 27.0 Å². The van der Waals surface area contributed by atoms with E-state index >= 15 is 0 Å². The molecule has 134 valence electrons. The monoisotopic (exact) mass is 359 g/mol. The topological polar surface area (TPSA) is 46.9 Å². The highest BCUT2D eigenvalue weighted by molar-refractivity contribution is 6.03. The van der Waals surface area contributed by atoms with Crippen molar-refractivity contribution in [3.05, 3.63) is 83.0 Å². The maximum absolute atomic E-state index is 12.7. The van der Waals surface area contributed by atoms with Crippen LogP contribution in [0.4, 0.5) is 19.0 Å². The first-order valence-corrected chi connectivity index (χ1v) is 7.89. The fraction of sp³-hybridized carbons (Fsp3) is 0.158. The number of nitrogens with one attached hydrogen (secondary N) is 1. The van der Waals surface area contributed by atoms with Crippen molar-refractivity contribution in [1.29, 1.82) is 0 Å². The lowest BCUT2D eigenvalue weighted by atomic mass is 10.1. The summed E-state index contributed by atoms with van der Waals surface area (Å²) in [5, 5.41) is 6.75. The molecular weight excluding hydrogens is 343 g/mol. The van der Waals surface area contributed by atoms with E-state index in [1.54, 1.807) is 16.9 Å². The second-order valence-corrected chi connectivity index (χ2v) is 5.92. The smallest absolute Gasteiger partial charge is 0.305 e. The second-order valence-electron chi connectivity index (χ2n) is 5.92. The Morgan fingerprint density at radius 2 is 1.88 bits per heavy atom. The molecule has 0 saturated carbocycles. The van der Waals surface area contributed by atoms with Gasteiger partial charge in [-0.3, -0.25) is 9.48 Å². The van der Waals surface area contributed by atoms with Crippen LogP contribution in [0.5, 0.6) is 0 Å². The molecule has 2 aromatic carbocycles. The van der Waals surface area contributed by atoms with Crippen molar-refractivity contribution in [3.8, 4) is 0 Å². The molecule has 1 aromatic heterocycles. The van der Waals surface area contributed by atoms with Crippen molar-refractivity contribution in [2.45, 2.75) is 19.6 Å². The minimum absolute atomic E-state index is 0.0759. The maximum atomic E-state index is 12.7. The average molecular weight is 359 g/mol. The van der Waals surface area contributed by atoms with Crippen molar-refractivity contribution in [2.75, 3.05) is 5.32 Å². The molecule has 0 spiro atoms. The fourth-order valence-corrected chi connectivity index (χ4v) is 2.54. The number of carbonyl (C=O) groups is 1. The molecule has 0 aliphatic rings. The normalized spacial score (nSPS) is 11.4. The van der Waals surface area contributed by atoms with Crippen molar-refractivity contribution in [3.63, 3.8) is 0 Å². The Morgan fingerprint density at radius 1 is 1.12 bits per heavy atom. The highest BCUT2D eigenvalue weighted by Gasteiger charge is 2.30. The van der Waals surface area contributed by atoms with Crippen LogP contribution in [0.15, 0.2) is 60.8 Å². The number of nitrogens with zero attached hydrogens (tertiary/aromatic N) is 2. The summed E-state index contributed by atoms with van der Waals surface area (Å²) in [5.74, 6) is -0.364. The fourth-order valence-electron chi connectivity index (χ4n) is 2.54. The van der Waals surface area contributed by atoms with Gasteiger partial charge in [0.05, 0.1) is 12.1 Å². The zero-order chi connectivity index (χ0) is 18.7. The Bertz CT molecular complexity index is 932. The standard InChI is InChI=1S/C19H16F3N3O/c1-13-4-2-5-14(10-13)12-25-9-8-17(24-25)23-18(26)15-6-3-7-16(11-15)19(20,21)22/h2-11H,12H2,1H3,(H,23,24,26). The van der Waals surface area contributed by atoms with Gasteiger partial charge in [0.25, 0.3) is 5.91 Å². The number of hydrogen-bond acceptors (Lipinski definition) is 2. The molecule has 3 rings (SSSR count). The molecule has 0 aliphatic heterocycles. The first-order chi connectivity index (χ1) is 12.3. The number of benzene rings is 2. The van der Waals surface area contributed by atoms with Gasteiger partial charge in [-0.15, -0.1) is 0 Å². The molecule has 26 heavy (non-hydrogen) atoms. The Kier molecular flexibility index (Phi) is 4.79. The predicted molar refractivity (Wildman–Crippen MR) is 91.9 cm³/mol. The Balaban J connectivity index is 1.70. The number of hydrogen-bond donors (Lipinski definition) is 1. The van der Waals surface area contributed by atoms with E-state index in [0.717, 1.165) is 23.3 Å². The number of anilines is 1. The van der Waals surface area contributed by atoms with E-state index in [9.17, 15) is 18.0 Å². The molecule has 0 atom stereocenters. The van der Waals surface area contributed by atoms with Gasteiger partial charge >= 0.3 is 6.18 Å². The molecule has 0 radical (unpaired) electrons. The molecule has 1 amide bonds. The van der Waals surface area contributed by atoms with Crippen LogP contribution >= 0.6 is 0 Å². The quantitative estimate of drug-likeness (QED) is 0.745. The van der Waals surface area contributed by atoms with Crippen LogP contribution in [0, 0.1) is 6.92 Å². The van der Waals surface area contributed by atoms with E-state index in [-0.39, 0.29) is 11.4 Å². The Morgan fingerprint density at radius 3 is 2.62 bits per heavy atom. The lowest BCUT2D eigenvalue weighted by molar-refractivity contribution is -0.137. The van der Waals surface area contributed by atoms with E-state index in [2.05, 4.69) is 10.4 Å². The van der Waals surface area contributed by atoms with Crippen LogP contribution in [0.3, 0.4) is 0 Å². The molecule has 4 nitrogen and oxygen atoms in total. The number of rotatable bonds is 4. The molecule has 0 saturated heterocycles. The minimum atomic E-state index is -4.49. The van der Waals surface area contributed by atoms with Gasteiger partial charge in [0.15, 0.2) is 5.82 Å². The van der Waals surface area contributed by atoms with Crippen LogP contribution < -0.4 is 5.32 Å². The molecule has 0 unspecified atom stereocenters. The molecular formula is C19H16F3N3O. The third-order valence-electron chi connectivity index (χ3n) is 3.76. The summed E-state index contributed by atoms with van der Waals surface area (Å²) in [6.45, 7) is 2.52. The summed E-state index contributed by atoms with van der Waals surface area (Å²) in [6.07, 6.45) is -2.80. The molecule has 0 aliphatic carbocycles. The van der Waals surface area contributed by atoms with E-state index in [4.69, 9.17) is 0 Å². The lowest BCUT2D eigenvalue weighted by Crippen LogP contribution is -2.14. The summed E-state index contributed by atoms with van der Waals surface area (Å²) >= 11 is 0. The summed E-state index contributed by atoms with van der Waals surface area (Å²) < 4.78 is 39.9. The van der Waals surface area contributed by atoms with Crippen molar-refractivity contribution in [1.82, 2.24) is 9.78 Å². The largest absolute Gasteiger partial charge is 0.416 e. The first kappa shape index (κ1) is 17.7. The minimum Gasteiger partial charge on any atom is -0.305 e. The van der Waals surface area contributed by atoms with Gasteiger partial charge in [-0.05, 0) is 30.7 Å². The van der Waals surface area contributed by atoms with Gasteiger partial charge in [0.2, 0.25) is 0 Å². The number of halogens is 3. The lowest BCUT2D eigenvalue weighted by Gasteiger charge is -2.08. The van der Waals surface area contributed by atoms with Gasteiger partial charge in [0.1, 0.15) is 0 Å². The van der Waals surface area contributed by atoms with Gasteiger partial charge in [-0.1, -0.05) is 35.9 Å². The Labute approximate surface area is 148 Å². The first-order valence-electron chi connectivity index (χ1n) is 7.89. The molecule has 0 bridgehead atoms. The number of aromatic nitrogens is 2. The van der Waals surface area contributed by atoms with Gasteiger partial charge in [-0.2, -0.15) is 18.3 Å². The van der Waals surface area contributed by atoms with Crippen molar-refractivity contribution >= 4 is 11.7 Å².